The van der Waals surface area contributed by atoms with E-state index in [0.717, 1.165) is 27.7 Å². The minimum absolute atomic E-state index is 0.0464. The zero-order chi connectivity index (χ0) is 15.6. The highest BCUT2D eigenvalue weighted by molar-refractivity contribution is 9.10. The molecule has 0 aliphatic heterocycles. The second kappa shape index (κ2) is 6.91. The van der Waals surface area contributed by atoms with Crippen molar-refractivity contribution in [2.24, 2.45) is 0 Å². The van der Waals surface area contributed by atoms with Gasteiger partial charge in [0.15, 0.2) is 0 Å². The summed E-state index contributed by atoms with van der Waals surface area (Å²) in [6.45, 7) is 6.97. The van der Waals surface area contributed by atoms with Gasteiger partial charge in [-0.1, -0.05) is 46.6 Å². The number of halogens is 3. The maximum atomic E-state index is 13.3. The van der Waals surface area contributed by atoms with Gasteiger partial charge in [0, 0.05) is 9.50 Å². The quantitative estimate of drug-likeness (QED) is 0.743. The highest BCUT2D eigenvalue weighted by atomic mass is 79.9. The molecule has 0 aliphatic rings. The molecule has 2 aromatic carbocycles. The lowest BCUT2D eigenvalue weighted by Gasteiger charge is -2.23. The van der Waals surface area contributed by atoms with Gasteiger partial charge < -0.3 is 5.32 Å². The van der Waals surface area contributed by atoms with Gasteiger partial charge in [0.05, 0.1) is 6.04 Å². The molecule has 2 aromatic rings. The van der Waals surface area contributed by atoms with Crippen LogP contribution in [0.25, 0.3) is 0 Å². The molecule has 0 spiro atoms. The highest BCUT2D eigenvalue weighted by Gasteiger charge is 2.19. The SMILES string of the molecule is CCNC(c1cc(C)c(Br)cc1C)c1ccc(F)cc1Cl. The van der Waals surface area contributed by atoms with Crippen LogP contribution in [-0.4, -0.2) is 6.54 Å². The third-order valence-corrected chi connectivity index (χ3v) is 4.72. The van der Waals surface area contributed by atoms with E-state index in [9.17, 15) is 4.39 Å². The molecule has 0 bridgehead atoms. The van der Waals surface area contributed by atoms with Crippen LogP contribution in [0.1, 0.15) is 35.2 Å². The second-order valence-electron chi connectivity index (χ2n) is 5.11. The molecule has 112 valence electrons. The average Bonchev–Trinajstić information content (AvgIpc) is 2.41. The number of hydrogen-bond donors (Lipinski definition) is 1. The summed E-state index contributed by atoms with van der Waals surface area (Å²) in [6, 6.07) is 8.77. The van der Waals surface area contributed by atoms with E-state index in [4.69, 9.17) is 11.6 Å². The Balaban J connectivity index is 2.55. The molecule has 1 N–H and O–H groups in total. The van der Waals surface area contributed by atoms with E-state index in [-0.39, 0.29) is 11.9 Å². The van der Waals surface area contributed by atoms with Crippen molar-refractivity contribution < 1.29 is 4.39 Å². The van der Waals surface area contributed by atoms with Crippen LogP contribution in [-0.2, 0) is 0 Å². The maximum absolute atomic E-state index is 13.3. The highest BCUT2D eigenvalue weighted by Crippen LogP contribution is 2.33. The van der Waals surface area contributed by atoms with Gasteiger partial charge in [-0.15, -0.1) is 0 Å². The summed E-state index contributed by atoms with van der Waals surface area (Å²) >= 11 is 9.80. The predicted molar refractivity (Wildman–Crippen MR) is 90.5 cm³/mol. The van der Waals surface area contributed by atoms with Crippen LogP contribution in [0, 0.1) is 19.7 Å². The summed E-state index contributed by atoms with van der Waals surface area (Å²) in [5.74, 6) is -0.317. The van der Waals surface area contributed by atoms with Gasteiger partial charge >= 0.3 is 0 Å². The first-order valence-electron chi connectivity index (χ1n) is 6.89. The lowest BCUT2D eigenvalue weighted by atomic mass is 9.93. The number of benzene rings is 2. The topological polar surface area (TPSA) is 12.0 Å². The van der Waals surface area contributed by atoms with Crippen LogP contribution in [0.3, 0.4) is 0 Å². The zero-order valence-corrected chi connectivity index (χ0v) is 14.6. The third kappa shape index (κ3) is 3.65. The van der Waals surface area contributed by atoms with Crippen molar-refractivity contribution in [1.82, 2.24) is 5.32 Å². The first-order valence-corrected chi connectivity index (χ1v) is 8.06. The van der Waals surface area contributed by atoms with Crippen molar-refractivity contribution in [2.75, 3.05) is 6.54 Å². The van der Waals surface area contributed by atoms with E-state index in [1.807, 2.05) is 6.92 Å². The smallest absolute Gasteiger partial charge is 0.124 e. The molecule has 0 fully saturated rings. The summed E-state index contributed by atoms with van der Waals surface area (Å²) in [5.41, 5.74) is 4.38. The fraction of sp³-hybridized carbons (Fsp3) is 0.294. The van der Waals surface area contributed by atoms with Gasteiger partial charge in [-0.3, -0.25) is 0 Å². The Morgan fingerprint density at radius 3 is 2.48 bits per heavy atom. The summed E-state index contributed by atoms with van der Waals surface area (Å²) in [6.07, 6.45) is 0. The molecule has 21 heavy (non-hydrogen) atoms. The van der Waals surface area contributed by atoms with Gasteiger partial charge in [0.25, 0.3) is 0 Å². The molecule has 2 rings (SSSR count). The maximum Gasteiger partial charge on any atom is 0.124 e. The molecule has 1 atom stereocenters. The average molecular weight is 371 g/mol. The second-order valence-corrected chi connectivity index (χ2v) is 6.38. The van der Waals surface area contributed by atoms with Crippen molar-refractivity contribution >= 4 is 27.5 Å². The molecular formula is C17H18BrClFN. The van der Waals surface area contributed by atoms with E-state index in [1.54, 1.807) is 6.07 Å². The Morgan fingerprint density at radius 1 is 1.14 bits per heavy atom. The Hall–Kier alpha value is -0.900. The Bertz CT molecular complexity index is 657. The molecule has 0 aliphatic carbocycles. The molecule has 0 saturated heterocycles. The summed E-state index contributed by atoms with van der Waals surface area (Å²) in [4.78, 5) is 0. The minimum Gasteiger partial charge on any atom is -0.306 e. The lowest BCUT2D eigenvalue weighted by molar-refractivity contribution is 0.612. The monoisotopic (exact) mass is 369 g/mol. The Labute approximate surface area is 138 Å². The largest absolute Gasteiger partial charge is 0.306 e. The molecule has 4 heteroatoms. The molecule has 0 radical (unpaired) electrons. The predicted octanol–water partition coefficient (Wildman–Crippen LogP) is 5.56. The van der Waals surface area contributed by atoms with Crippen LogP contribution in [0.5, 0.6) is 0 Å². The van der Waals surface area contributed by atoms with Crippen molar-refractivity contribution in [2.45, 2.75) is 26.8 Å². The third-order valence-electron chi connectivity index (χ3n) is 3.54. The van der Waals surface area contributed by atoms with Crippen molar-refractivity contribution in [1.29, 1.82) is 0 Å². The van der Waals surface area contributed by atoms with Gasteiger partial charge in [-0.05, 0) is 60.8 Å². The standard InChI is InChI=1S/C17H18BrClFN/c1-4-21-17(13-6-5-12(20)9-16(13)19)14-7-11(3)15(18)8-10(14)2/h5-9,17,21H,4H2,1-3H3. The fourth-order valence-corrected chi connectivity index (χ4v) is 3.18. The van der Waals surface area contributed by atoms with Crippen LogP contribution < -0.4 is 5.32 Å². The van der Waals surface area contributed by atoms with E-state index in [1.165, 1.54) is 17.7 Å². The number of hydrogen-bond acceptors (Lipinski definition) is 1. The molecule has 0 aromatic heterocycles. The van der Waals surface area contributed by atoms with Crippen LogP contribution >= 0.6 is 27.5 Å². The lowest BCUT2D eigenvalue weighted by Crippen LogP contribution is -2.23. The van der Waals surface area contributed by atoms with Crippen molar-refractivity contribution in [3.8, 4) is 0 Å². The van der Waals surface area contributed by atoms with Crippen LogP contribution in [0.2, 0.25) is 5.02 Å². The summed E-state index contributed by atoms with van der Waals surface area (Å²) in [7, 11) is 0. The molecule has 1 nitrogen and oxygen atoms in total. The van der Waals surface area contributed by atoms with Gasteiger partial charge in [-0.2, -0.15) is 0 Å². The number of nitrogens with one attached hydrogen (secondary N) is 1. The zero-order valence-electron chi connectivity index (χ0n) is 12.3. The van der Waals surface area contributed by atoms with Crippen LogP contribution in [0.15, 0.2) is 34.8 Å². The number of aryl methyl sites for hydroxylation is 2. The van der Waals surface area contributed by atoms with E-state index < -0.39 is 0 Å². The van der Waals surface area contributed by atoms with Gasteiger partial charge in [0.2, 0.25) is 0 Å². The fourth-order valence-electron chi connectivity index (χ4n) is 2.44. The minimum atomic E-state index is -0.317. The molecule has 0 amide bonds. The Kier molecular flexibility index (Phi) is 5.42. The summed E-state index contributed by atoms with van der Waals surface area (Å²) < 4.78 is 14.4. The first kappa shape index (κ1) is 16.5. The number of rotatable bonds is 4. The normalized spacial score (nSPS) is 12.5. The van der Waals surface area contributed by atoms with Crippen LogP contribution in [0.4, 0.5) is 4.39 Å². The van der Waals surface area contributed by atoms with E-state index >= 15 is 0 Å². The van der Waals surface area contributed by atoms with E-state index in [0.29, 0.717) is 5.02 Å². The molecule has 0 heterocycles. The van der Waals surface area contributed by atoms with Crippen molar-refractivity contribution in [3.05, 3.63) is 67.9 Å². The van der Waals surface area contributed by atoms with Crippen molar-refractivity contribution in [3.63, 3.8) is 0 Å². The van der Waals surface area contributed by atoms with Gasteiger partial charge in [0.1, 0.15) is 5.82 Å². The van der Waals surface area contributed by atoms with Gasteiger partial charge in [-0.25, -0.2) is 4.39 Å². The molecule has 1 unspecified atom stereocenters. The Morgan fingerprint density at radius 2 is 1.86 bits per heavy atom. The first-order chi connectivity index (χ1) is 9.93. The molecular weight excluding hydrogens is 353 g/mol. The molecule has 0 saturated carbocycles. The summed E-state index contributed by atoms with van der Waals surface area (Å²) in [5, 5.41) is 3.89. The van der Waals surface area contributed by atoms with E-state index in [2.05, 4.69) is 47.2 Å².